The van der Waals surface area contributed by atoms with Gasteiger partial charge >= 0.3 is 0 Å². The molecule has 1 aromatic carbocycles. The second-order valence-electron chi connectivity index (χ2n) is 6.81. The Morgan fingerprint density at radius 3 is 2.54 bits per heavy atom. The van der Waals surface area contributed by atoms with Crippen LogP contribution in [-0.2, 0) is 0 Å². The normalized spacial score (nSPS) is 22.6. The summed E-state index contributed by atoms with van der Waals surface area (Å²) in [6.45, 7) is 0. The molecule has 2 aromatic rings. The molecule has 2 N–H and O–H groups in total. The molecule has 0 radical (unpaired) electrons. The van der Waals surface area contributed by atoms with Crippen LogP contribution in [0.3, 0.4) is 0 Å². The zero-order valence-corrected chi connectivity index (χ0v) is 18.0. The minimum atomic E-state index is -0.176. The molecule has 1 aromatic heterocycles. The van der Waals surface area contributed by atoms with Crippen LogP contribution in [0, 0.1) is 0 Å². The Morgan fingerprint density at radius 2 is 1.86 bits per heavy atom. The van der Waals surface area contributed by atoms with Crippen LogP contribution in [-0.4, -0.2) is 29.0 Å². The van der Waals surface area contributed by atoms with Gasteiger partial charge in [0.05, 0.1) is 5.02 Å². The number of pyridine rings is 1. The summed E-state index contributed by atoms with van der Waals surface area (Å²) in [7, 11) is 0. The molecule has 4 rings (SSSR count). The highest BCUT2D eigenvalue weighted by atomic mass is 35.5. The van der Waals surface area contributed by atoms with Crippen molar-refractivity contribution in [1.82, 2.24) is 15.6 Å². The van der Waals surface area contributed by atoms with Crippen LogP contribution in [0.25, 0.3) is 0 Å². The molecule has 0 saturated carbocycles. The molecular formula is C19H21Cl4N3O2. The maximum absolute atomic E-state index is 12.8. The van der Waals surface area contributed by atoms with E-state index >= 15 is 0 Å². The summed E-state index contributed by atoms with van der Waals surface area (Å²) in [5.41, 5.74) is 0.393. The third kappa shape index (κ3) is 5.22. The highest BCUT2D eigenvalue weighted by Crippen LogP contribution is 2.32. The maximum Gasteiger partial charge on any atom is 0.257 e. The fourth-order valence-electron chi connectivity index (χ4n) is 3.75. The zero-order valence-electron chi connectivity index (χ0n) is 14.9. The molecule has 1 amide bonds. The summed E-state index contributed by atoms with van der Waals surface area (Å²) in [5.74, 6) is 0.458. The van der Waals surface area contributed by atoms with E-state index in [1.165, 1.54) is 12.8 Å². The first-order valence-corrected chi connectivity index (χ1v) is 9.49. The SMILES string of the molecule is Cl.Cl.O=C(NC1CC2CCC(C1)N2)c1cccnc1Oc1ccc(Cl)cc1Cl. The number of halogens is 4. The number of carbonyl (C=O) groups excluding carboxylic acids is 1. The molecule has 0 aliphatic carbocycles. The fourth-order valence-corrected chi connectivity index (χ4v) is 4.19. The van der Waals surface area contributed by atoms with Gasteiger partial charge < -0.3 is 15.4 Å². The Bertz CT molecular complexity index is 825. The van der Waals surface area contributed by atoms with E-state index < -0.39 is 0 Å². The van der Waals surface area contributed by atoms with Gasteiger partial charge in [-0.25, -0.2) is 4.98 Å². The van der Waals surface area contributed by atoms with Crippen molar-refractivity contribution in [1.29, 1.82) is 0 Å². The number of fused-ring (bicyclic) bond motifs is 2. The van der Waals surface area contributed by atoms with E-state index in [2.05, 4.69) is 15.6 Å². The molecule has 2 aliphatic heterocycles. The molecule has 2 saturated heterocycles. The van der Waals surface area contributed by atoms with E-state index in [9.17, 15) is 4.79 Å². The number of rotatable bonds is 4. The number of carbonyl (C=O) groups is 1. The lowest BCUT2D eigenvalue weighted by Crippen LogP contribution is -2.48. The van der Waals surface area contributed by atoms with Crippen LogP contribution in [0.2, 0.25) is 10.0 Å². The van der Waals surface area contributed by atoms with Gasteiger partial charge in [0.25, 0.3) is 5.91 Å². The first kappa shape index (κ1) is 23.0. The Morgan fingerprint density at radius 1 is 1.14 bits per heavy atom. The largest absolute Gasteiger partial charge is 0.437 e. The van der Waals surface area contributed by atoms with Gasteiger partial charge in [-0.2, -0.15) is 0 Å². The Hall–Kier alpha value is -1.24. The number of amides is 1. The number of hydrogen-bond acceptors (Lipinski definition) is 4. The van der Waals surface area contributed by atoms with Crippen LogP contribution in [0.15, 0.2) is 36.5 Å². The van der Waals surface area contributed by atoms with Crippen molar-refractivity contribution in [2.45, 2.75) is 43.8 Å². The van der Waals surface area contributed by atoms with Gasteiger partial charge in [0, 0.05) is 29.3 Å². The summed E-state index contributed by atoms with van der Waals surface area (Å²) in [6.07, 6.45) is 5.88. The molecular weight excluding hydrogens is 444 g/mol. The Labute approximate surface area is 186 Å². The van der Waals surface area contributed by atoms with Gasteiger partial charge in [-0.3, -0.25) is 4.79 Å². The number of nitrogens with one attached hydrogen (secondary N) is 2. The van der Waals surface area contributed by atoms with Crippen LogP contribution < -0.4 is 15.4 Å². The van der Waals surface area contributed by atoms with Crippen molar-refractivity contribution in [2.24, 2.45) is 0 Å². The molecule has 28 heavy (non-hydrogen) atoms. The van der Waals surface area contributed by atoms with Gasteiger partial charge in [-0.15, -0.1) is 24.8 Å². The van der Waals surface area contributed by atoms with E-state index in [1.807, 2.05) is 0 Å². The van der Waals surface area contributed by atoms with Crippen LogP contribution in [0.1, 0.15) is 36.0 Å². The second-order valence-corrected chi connectivity index (χ2v) is 7.66. The second kappa shape index (κ2) is 9.99. The van der Waals surface area contributed by atoms with Crippen molar-refractivity contribution in [2.75, 3.05) is 0 Å². The molecule has 9 heteroatoms. The van der Waals surface area contributed by atoms with Crippen molar-refractivity contribution < 1.29 is 9.53 Å². The molecule has 3 heterocycles. The number of nitrogens with zero attached hydrogens (tertiary/aromatic N) is 1. The van der Waals surface area contributed by atoms with E-state index in [0.717, 1.165) is 12.8 Å². The first-order valence-electron chi connectivity index (χ1n) is 8.73. The molecule has 2 atom stereocenters. The van der Waals surface area contributed by atoms with Crippen LogP contribution >= 0.6 is 48.0 Å². The number of hydrogen-bond donors (Lipinski definition) is 2. The smallest absolute Gasteiger partial charge is 0.257 e. The molecule has 5 nitrogen and oxygen atoms in total. The predicted molar refractivity (Wildman–Crippen MR) is 116 cm³/mol. The average molecular weight is 465 g/mol. The lowest BCUT2D eigenvalue weighted by molar-refractivity contribution is 0.0921. The molecule has 2 fully saturated rings. The number of aromatic nitrogens is 1. The van der Waals surface area contributed by atoms with Gasteiger partial charge in [0.1, 0.15) is 11.3 Å². The standard InChI is InChI=1S/C19H19Cl2N3O2.2ClH/c20-11-3-6-17(16(21)8-11)26-19-15(2-1-7-22-19)18(25)24-14-9-12-4-5-13(10-14)23-12;;/h1-3,6-8,12-14,23H,4-5,9-10H2,(H,24,25);2*1H. The predicted octanol–water partition coefficient (Wildman–Crippen LogP) is 5.04. The van der Waals surface area contributed by atoms with Crippen molar-refractivity contribution in [3.63, 3.8) is 0 Å². The molecule has 0 spiro atoms. The number of ether oxygens (including phenoxy) is 1. The number of piperidine rings is 1. The summed E-state index contributed by atoms with van der Waals surface area (Å²) in [5, 5.41) is 7.59. The molecule has 2 bridgehead atoms. The molecule has 2 unspecified atom stereocenters. The average Bonchev–Trinajstić information content (AvgIpc) is 2.96. The van der Waals surface area contributed by atoms with Crippen LogP contribution in [0.4, 0.5) is 0 Å². The maximum atomic E-state index is 12.8. The summed E-state index contributed by atoms with van der Waals surface area (Å²) in [6, 6.07) is 9.55. The monoisotopic (exact) mass is 463 g/mol. The Balaban J connectivity index is 0.00000140. The van der Waals surface area contributed by atoms with E-state index in [0.29, 0.717) is 33.4 Å². The minimum Gasteiger partial charge on any atom is -0.437 e. The van der Waals surface area contributed by atoms with Crippen molar-refractivity contribution in [3.05, 3.63) is 52.1 Å². The third-order valence-corrected chi connectivity index (χ3v) is 5.46. The van der Waals surface area contributed by atoms with Gasteiger partial charge in [0.2, 0.25) is 5.88 Å². The van der Waals surface area contributed by atoms with E-state index in [4.69, 9.17) is 27.9 Å². The van der Waals surface area contributed by atoms with Gasteiger partial charge in [-0.1, -0.05) is 23.2 Å². The van der Waals surface area contributed by atoms with E-state index in [-0.39, 0.29) is 42.6 Å². The van der Waals surface area contributed by atoms with Gasteiger partial charge in [0.15, 0.2) is 0 Å². The highest BCUT2D eigenvalue weighted by Gasteiger charge is 2.34. The molecule has 152 valence electrons. The lowest BCUT2D eigenvalue weighted by Gasteiger charge is -2.29. The fraction of sp³-hybridized carbons (Fsp3) is 0.368. The van der Waals surface area contributed by atoms with Crippen molar-refractivity contribution in [3.8, 4) is 11.6 Å². The number of benzene rings is 1. The topological polar surface area (TPSA) is 63.2 Å². The van der Waals surface area contributed by atoms with Crippen molar-refractivity contribution >= 4 is 53.9 Å². The lowest BCUT2D eigenvalue weighted by atomic mass is 9.99. The summed E-state index contributed by atoms with van der Waals surface area (Å²) < 4.78 is 5.79. The highest BCUT2D eigenvalue weighted by molar-refractivity contribution is 6.35. The Kier molecular flexibility index (Phi) is 8.22. The van der Waals surface area contributed by atoms with E-state index in [1.54, 1.807) is 36.5 Å². The summed E-state index contributed by atoms with van der Waals surface area (Å²) in [4.78, 5) is 17.0. The first-order chi connectivity index (χ1) is 12.6. The molecule has 2 aliphatic rings. The quantitative estimate of drug-likeness (QED) is 0.665. The minimum absolute atomic E-state index is 0. The zero-order chi connectivity index (χ0) is 18.1. The van der Waals surface area contributed by atoms with Gasteiger partial charge in [-0.05, 0) is 56.0 Å². The third-order valence-electron chi connectivity index (χ3n) is 4.92. The van der Waals surface area contributed by atoms with Crippen LogP contribution in [0.5, 0.6) is 11.6 Å². The summed E-state index contributed by atoms with van der Waals surface area (Å²) >= 11 is 12.1.